The Morgan fingerprint density at radius 1 is 0.427 bits per heavy atom. The number of hydrogen-bond donors (Lipinski definition) is 0. The molecule has 0 saturated heterocycles. The highest BCUT2D eigenvalue weighted by Crippen LogP contribution is 2.32. The number of rotatable bonds is 24. The summed E-state index contributed by atoms with van der Waals surface area (Å²) in [5.74, 6) is 0.679. The van der Waals surface area contributed by atoms with Gasteiger partial charge >= 0.3 is 0 Å². The fourth-order valence-electron chi connectivity index (χ4n) is 8.39. The number of nitro benzene ring substituents is 6. The van der Waals surface area contributed by atoms with Crippen molar-refractivity contribution >= 4 is 113 Å². The summed E-state index contributed by atoms with van der Waals surface area (Å²) in [7, 11) is 1.59. The molecule has 0 radical (unpaired) electrons. The van der Waals surface area contributed by atoms with Crippen LogP contribution in [-0.2, 0) is 4.74 Å². The maximum Gasteiger partial charge on any atom is 0.277 e. The maximum absolute atomic E-state index is 10.9. The van der Waals surface area contributed by atoms with E-state index in [4.69, 9.17) is 4.74 Å². The Balaban J connectivity index is 0.000000301. The molecule has 1 aliphatic rings. The van der Waals surface area contributed by atoms with Crippen molar-refractivity contribution in [1.82, 2.24) is 0 Å². The lowest BCUT2D eigenvalue weighted by atomic mass is 10.0. The fraction of sp³-hybridized carbons (Fsp3) is 0.143. The lowest BCUT2D eigenvalue weighted by Crippen LogP contribution is -1.92. The Morgan fingerprint density at radius 2 is 0.750 bits per heavy atom. The summed E-state index contributed by atoms with van der Waals surface area (Å²) in [4.78, 5) is 62.4. The van der Waals surface area contributed by atoms with Gasteiger partial charge in [0, 0.05) is 43.5 Å². The van der Waals surface area contributed by atoms with E-state index >= 15 is 0 Å². The van der Waals surface area contributed by atoms with Crippen LogP contribution in [0, 0.1) is 66.6 Å². The molecule has 19 heteroatoms. The Kier molecular flexibility index (Phi) is 33.6. The van der Waals surface area contributed by atoms with Crippen molar-refractivity contribution in [2.24, 2.45) is 5.92 Å². The van der Waals surface area contributed by atoms with Crippen LogP contribution >= 0.6 is 0 Å². The standard InChI is InChI=1S/C16H13NO2.C13H13NO2.C13H15NO2.C12H13NO3.C12H13NO2.C11H11NO2/c1-2-15-11-10-14(12-16(15)17(18)19)9-8-13-6-4-3-5-7-13;1-2-12-8-7-11(6-5-10-3-4-10)9-13(12)14(15)16;1-3-5-6-7-11-8-9-12(4-2)13(10-11)14(15)16;1-3-11-7-6-10(5-4-8-16-2)9-12(11)13(14)15;1-4-11-6-5-10(7-9(2)3)8-12(11)13(14)15;1-4-9-5-6-10(8(2)3)7-11(9)12(13)14/h2-12H,1H2;2,5-10H,1,3-4H2;4,6-10H,2-3,5H2,1H3;3-7,9H,1,8H2,2H3;4-8H,1H2,2-3H3;4-7H,1-2H2,3H3/b9-8+;6-5+;7-6+;5-4+;;. The average Bonchev–Trinajstić information content (AvgIpc) is 1.55. The second-order valence-electron chi connectivity index (χ2n) is 21.1. The van der Waals surface area contributed by atoms with Crippen LogP contribution in [0.15, 0.2) is 209 Å². The molecule has 7 aromatic rings. The molecule has 0 heterocycles. The van der Waals surface area contributed by atoms with Crippen molar-refractivity contribution in [1.29, 1.82) is 0 Å². The first-order chi connectivity index (χ1) is 45.9. The predicted molar refractivity (Wildman–Crippen MR) is 395 cm³/mol. The lowest BCUT2D eigenvalue weighted by Gasteiger charge is -2.01. The smallest absolute Gasteiger partial charge is 0.277 e. The molecular formula is C77H78N6O13. The summed E-state index contributed by atoms with van der Waals surface area (Å²) in [6.07, 6.45) is 30.7. The molecule has 1 fully saturated rings. The van der Waals surface area contributed by atoms with E-state index in [1.54, 1.807) is 92.1 Å². The minimum Gasteiger partial charge on any atom is -0.381 e. The van der Waals surface area contributed by atoms with Crippen LogP contribution in [0.1, 0.15) is 126 Å². The molecule has 7 aromatic carbocycles. The van der Waals surface area contributed by atoms with Crippen LogP contribution in [0.25, 0.3) is 78.5 Å². The van der Waals surface area contributed by atoms with Crippen LogP contribution in [0.5, 0.6) is 0 Å². The van der Waals surface area contributed by atoms with Crippen molar-refractivity contribution in [2.75, 3.05) is 13.7 Å². The largest absolute Gasteiger partial charge is 0.381 e. The van der Waals surface area contributed by atoms with E-state index in [1.807, 2.05) is 112 Å². The molecule has 0 aromatic heterocycles. The van der Waals surface area contributed by atoms with Gasteiger partial charge in [0.2, 0.25) is 0 Å². The first-order valence-electron chi connectivity index (χ1n) is 29.9. The van der Waals surface area contributed by atoms with Crippen molar-refractivity contribution < 1.29 is 34.3 Å². The van der Waals surface area contributed by atoms with Gasteiger partial charge in [-0.05, 0) is 121 Å². The number of allylic oxidation sites excluding steroid dienone is 4. The van der Waals surface area contributed by atoms with Crippen LogP contribution in [0.4, 0.5) is 34.1 Å². The number of nitrogens with zero attached hydrogens (tertiary/aromatic N) is 6. The summed E-state index contributed by atoms with van der Waals surface area (Å²) in [6, 6.07) is 40.3. The highest BCUT2D eigenvalue weighted by Gasteiger charge is 2.19. The third-order valence-corrected chi connectivity index (χ3v) is 13.5. The van der Waals surface area contributed by atoms with Crippen molar-refractivity contribution in [3.05, 3.63) is 342 Å². The van der Waals surface area contributed by atoms with Gasteiger partial charge in [0.15, 0.2) is 0 Å². The highest BCUT2D eigenvalue weighted by molar-refractivity contribution is 5.74. The first kappa shape index (κ1) is 78.0. The number of methoxy groups -OCH3 is 1. The molecule has 0 amide bonds. The highest BCUT2D eigenvalue weighted by atomic mass is 16.6. The van der Waals surface area contributed by atoms with Crippen molar-refractivity contribution in [3.8, 4) is 0 Å². The van der Waals surface area contributed by atoms with Gasteiger partial charge in [0.1, 0.15) is 0 Å². The number of unbranched alkanes of at least 4 members (excludes halogenated alkanes) is 1. The van der Waals surface area contributed by atoms with Gasteiger partial charge in [-0.15, -0.1) is 0 Å². The fourth-order valence-corrected chi connectivity index (χ4v) is 8.39. The van der Waals surface area contributed by atoms with E-state index in [1.165, 1.54) is 61.4 Å². The number of nitro groups is 6. The van der Waals surface area contributed by atoms with E-state index in [0.717, 1.165) is 62.9 Å². The normalized spacial score (nSPS) is 11.0. The quantitative estimate of drug-likeness (QED) is 0.0310. The number of benzene rings is 7. The molecule has 0 unspecified atom stereocenters. The average molecular weight is 1300 g/mol. The van der Waals surface area contributed by atoms with Gasteiger partial charge in [-0.3, -0.25) is 60.7 Å². The number of ether oxygens (including phenoxy) is 1. The SMILES string of the molecule is C=Cc1ccc(/C=C/C2CC2)cc1[N+](=O)[O-].C=Cc1ccc(/C=C/CCC)cc1[N+](=O)[O-].C=Cc1ccc(/C=C/COC)cc1[N+](=O)[O-].C=Cc1ccc(/C=C/c2ccccc2)cc1[N+](=O)[O-].C=Cc1ccc(C(=C)C)cc1[N+](=O)[O-].C=Cc1ccc(C=C(C)C)cc1[N+](=O)[O-]. The van der Waals surface area contributed by atoms with Gasteiger partial charge in [-0.1, -0.05) is 228 Å². The Morgan fingerprint density at radius 3 is 1.08 bits per heavy atom. The molecule has 494 valence electrons. The van der Waals surface area contributed by atoms with Crippen LogP contribution in [0.3, 0.4) is 0 Å². The molecule has 0 spiro atoms. The molecule has 1 saturated carbocycles. The zero-order valence-electron chi connectivity index (χ0n) is 54.5. The molecule has 8 rings (SSSR count). The zero-order chi connectivity index (χ0) is 71.3. The summed E-state index contributed by atoms with van der Waals surface area (Å²) in [6.45, 7) is 33.3. The third kappa shape index (κ3) is 26.9. The van der Waals surface area contributed by atoms with Crippen LogP contribution in [-0.4, -0.2) is 43.3 Å². The second-order valence-corrected chi connectivity index (χ2v) is 21.1. The van der Waals surface area contributed by atoms with E-state index in [-0.39, 0.29) is 48.9 Å². The Hall–Kier alpha value is -12.2. The molecule has 96 heavy (non-hydrogen) atoms. The molecule has 19 nitrogen and oxygen atoms in total. The number of hydrogen-bond acceptors (Lipinski definition) is 13. The molecule has 0 aliphatic heterocycles. The van der Waals surface area contributed by atoms with Gasteiger partial charge < -0.3 is 4.74 Å². The lowest BCUT2D eigenvalue weighted by molar-refractivity contribution is -0.385. The monoisotopic (exact) mass is 1290 g/mol. The van der Waals surface area contributed by atoms with Gasteiger partial charge in [-0.2, -0.15) is 0 Å². The molecular weight excluding hydrogens is 1220 g/mol. The van der Waals surface area contributed by atoms with Gasteiger partial charge in [-0.25, -0.2) is 0 Å². The van der Waals surface area contributed by atoms with E-state index in [9.17, 15) is 60.7 Å². The molecule has 0 N–H and O–H groups in total. The van der Waals surface area contributed by atoms with E-state index < -0.39 is 14.8 Å². The third-order valence-electron chi connectivity index (χ3n) is 13.5. The minimum absolute atomic E-state index is 0.0644. The maximum atomic E-state index is 10.9. The van der Waals surface area contributed by atoms with E-state index in [2.05, 4.69) is 59.1 Å². The van der Waals surface area contributed by atoms with Crippen molar-refractivity contribution in [2.45, 2.75) is 53.4 Å². The van der Waals surface area contributed by atoms with Crippen LogP contribution in [0.2, 0.25) is 0 Å². The summed E-state index contributed by atoms with van der Waals surface area (Å²) < 4.78 is 4.85. The van der Waals surface area contributed by atoms with Crippen molar-refractivity contribution in [3.63, 3.8) is 0 Å². The minimum atomic E-state index is -0.413. The summed E-state index contributed by atoms with van der Waals surface area (Å²) in [5, 5.41) is 64.8. The predicted octanol–water partition coefficient (Wildman–Crippen LogP) is 21.9. The Bertz CT molecular complexity index is 4050. The van der Waals surface area contributed by atoms with Crippen LogP contribution < -0.4 is 0 Å². The molecule has 0 atom stereocenters. The second kappa shape index (κ2) is 41.3. The zero-order valence-corrected chi connectivity index (χ0v) is 54.5. The first-order valence-corrected chi connectivity index (χ1v) is 29.9. The Labute approximate surface area is 559 Å². The molecule has 0 bridgehead atoms. The molecule has 1 aliphatic carbocycles. The summed E-state index contributed by atoms with van der Waals surface area (Å²) in [5.41, 5.74) is 11.7. The van der Waals surface area contributed by atoms with E-state index in [0.29, 0.717) is 45.9 Å². The van der Waals surface area contributed by atoms with Gasteiger partial charge in [0.05, 0.1) is 69.5 Å². The topological polar surface area (TPSA) is 268 Å². The van der Waals surface area contributed by atoms with Gasteiger partial charge in [0.25, 0.3) is 34.1 Å². The summed E-state index contributed by atoms with van der Waals surface area (Å²) >= 11 is 0.